The third kappa shape index (κ3) is 4.77. The number of nitrogens with zero attached hydrogens (tertiary/aromatic N) is 1. The van der Waals surface area contributed by atoms with Crippen molar-refractivity contribution < 1.29 is 4.79 Å². The van der Waals surface area contributed by atoms with Gasteiger partial charge in [-0.3, -0.25) is 4.90 Å². The van der Waals surface area contributed by atoms with E-state index in [-0.39, 0.29) is 6.03 Å². The number of hydrogen-bond acceptors (Lipinski definition) is 1. The normalized spacial score (nSPS) is 10.1. The number of urea groups is 1. The van der Waals surface area contributed by atoms with Gasteiger partial charge in [0.1, 0.15) is 0 Å². The van der Waals surface area contributed by atoms with E-state index in [4.69, 9.17) is 0 Å². The van der Waals surface area contributed by atoms with Crippen LogP contribution in [0.3, 0.4) is 0 Å². The highest BCUT2D eigenvalue weighted by molar-refractivity contribution is 9.10. The number of unbranched alkanes of at least 4 members (excludes halogenated alkanes) is 2. The molecule has 0 aliphatic carbocycles. The molecule has 1 rings (SSSR count). The second-order valence-electron chi connectivity index (χ2n) is 3.98. The Morgan fingerprint density at radius 1 is 1.41 bits per heavy atom. The number of amides is 2. The molecule has 17 heavy (non-hydrogen) atoms. The number of anilines is 1. The Hall–Kier alpha value is -1.03. The molecule has 1 N–H and O–H groups in total. The highest BCUT2D eigenvalue weighted by atomic mass is 79.9. The molecule has 0 heterocycles. The van der Waals surface area contributed by atoms with Gasteiger partial charge in [0.15, 0.2) is 0 Å². The molecule has 0 bridgehead atoms. The average Bonchev–Trinajstić information content (AvgIpc) is 2.33. The van der Waals surface area contributed by atoms with Crippen LogP contribution in [0.15, 0.2) is 28.7 Å². The van der Waals surface area contributed by atoms with E-state index in [0.717, 1.165) is 36.0 Å². The van der Waals surface area contributed by atoms with E-state index in [1.807, 2.05) is 24.3 Å². The molecule has 0 saturated heterocycles. The number of carbonyl (C=O) groups is 1. The maximum atomic E-state index is 11.8. The van der Waals surface area contributed by atoms with E-state index >= 15 is 0 Å². The van der Waals surface area contributed by atoms with Crippen molar-refractivity contribution in [3.8, 4) is 0 Å². The van der Waals surface area contributed by atoms with Gasteiger partial charge in [0.05, 0.1) is 0 Å². The van der Waals surface area contributed by atoms with Gasteiger partial charge in [-0.2, -0.15) is 0 Å². The van der Waals surface area contributed by atoms with Gasteiger partial charge in [-0.05, 0) is 24.6 Å². The Morgan fingerprint density at radius 2 is 2.18 bits per heavy atom. The molecule has 0 aliphatic rings. The van der Waals surface area contributed by atoms with Gasteiger partial charge >= 0.3 is 6.03 Å². The summed E-state index contributed by atoms with van der Waals surface area (Å²) >= 11 is 3.39. The van der Waals surface area contributed by atoms with Crippen LogP contribution in [0.4, 0.5) is 10.5 Å². The van der Waals surface area contributed by atoms with Gasteiger partial charge in [-0.1, -0.05) is 41.8 Å². The summed E-state index contributed by atoms with van der Waals surface area (Å²) in [5, 5.41) is 2.91. The van der Waals surface area contributed by atoms with Gasteiger partial charge < -0.3 is 5.32 Å². The van der Waals surface area contributed by atoms with Crippen molar-refractivity contribution in [2.24, 2.45) is 0 Å². The molecule has 0 spiro atoms. The van der Waals surface area contributed by atoms with Crippen LogP contribution >= 0.6 is 15.9 Å². The van der Waals surface area contributed by atoms with Crippen molar-refractivity contribution in [2.75, 3.05) is 18.5 Å². The Balaban J connectivity index is 2.46. The van der Waals surface area contributed by atoms with Crippen molar-refractivity contribution in [2.45, 2.75) is 26.2 Å². The van der Waals surface area contributed by atoms with Crippen molar-refractivity contribution in [1.82, 2.24) is 5.32 Å². The molecule has 2 amide bonds. The summed E-state index contributed by atoms with van der Waals surface area (Å²) in [4.78, 5) is 13.4. The number of hydrogen-bond donors (Lipinski definition) is 1. The Bertz CT molecular complexity index is 368. The molecule has 1 aromatic carbocycles. The topological polar surface area (TPSA) is 32.3 Å². The monoisotopic (exact) mass is 298 g/mol. The van der Waals surface area contributed by atoms with Crippen LogP contribution in [-0.2, 0) is 0 Å². The predicted octanol–water partition coefficient (Wildman–Crippen LogP) is 3.79. The number of rotatable bonds is 5. The fourth-order valence-electron chi connectivity index (χ4n) is 1.49. The molecule has 94 valence electrons. The predicted molar refractivity (Wildman–Crippen MR) is 75.5 cm³/mol. The largest absolute Gasteiger partial charge is 0.338 e. The lowest BCUT2D eigenvalue weighted by Crippen LogP contribution is -2.37. The van der Waals surface area contributed by atoms with Gasteiger partial charge in [0.2, 0.25) is 0 Å². The Labute approximate surface area is 111 Å². The van der Waals surface area contributed by atoms with Gasteiger partial charge in [-0.25, -0.2) is 4.79 Å². The minimum absolute atomic E-state index is 0.0563. The summed E-state index contributed by atoms with van der Waals surface area (Å²) < 4.78 is 0.973. The number of halogens is 1. The Kier molecular flexibility index (Phi) is 6.05. The summed E-state index contributed by atoms with van der Waals surface area (Å²) in [6, 6.07) is 7.64. The fourth-order valence-corrected chi connectivity index (χ4v) is 1.88. The first kappa shape index (κ1) is 14.0. The zero-order chi connectivity index (χ0) is 12.7. The van der Waals surface area contributed by atoms with Crippen LogP contribution < -0.4 is 10.2 Å². The molecular weight excluding hydrogens is 280 g/mol. The average molecular weight is 299 g/mol. The highest BCUT2D eigenvalue weighted by Crippen LogP contribution is 2.18. The number of benzene rings is 1. The van der Waals surface area contributed by atoms with Crippen LogP contribution in [-0.4, -0.2) is 19.6 Å². The molecule has 0 fully saturated rings. The standard InChI is InChI=1S/C13H19BrN2O/c1-3-4-5-9-15-13(17)16(2)12-8-6-7-11(14)10-12/h6-8,10H,3-5,9H2,1-2H3,(H,15,17). The molecule has 1 aromatic rings. The van der Waals surface area contributed by atoms with Crippen LogP contribution in [0.2, 0.25) is 0 Å². The molecule has 0 saturated carbocycles. The van der Waals surface area contributed by atoms with E-state index in [1.54, 1.807) is 11.9 Å². The first-order chi connectivity index (χ1) is 8.15. The Morgan fingerprint density at radius 3 is 2.82 bits per heavy atom. The van der Waals surface area contributed by atoms with Gasteiger partial charge in [-0.15, -0.1) is 0 Å². The maximum Gasteiger partial charge on any atom is 0.321 e. The minimum atomic E-state index is -0.0563. The number of carbonyl (C=O) groups excluding carboxylic acids is 1. The van der Waals surface area contributed by atoms with E-state index in [1.165, 1.54) is 0 Å². The smallest absolute Gasteiger partial charge is 0.321 e. The van der Waals surface area contributed by atoms with Crippen LogP contribution in [0.1, 0.15) is 26.2 Å². The zero-order valence-electron chi connectivity index (χ0n) is 10.4. The van der Waals surface area contributed by atoms with E-state index in [0.29, 0.717) is 0 Å². The van der Waals surface area contributed by atoms with E-state index < -0.39 is 0 Å². The quantitative estimate of drug-likeness (QED) is 0.824. The molecule has 0 aromatic heterocycles. The molecule has 0 aliphatic heterocycles. The lowest BCUT2D eigenvalue weighted by Gasteiger charge is -2.18. The third-order valence-corrected chi connectivity index (χ3v) is 3.05. The van der Waals surface area contributed by atoms with Crippen molar-refractivity contribution in [3.05, 3.63) is 28.7 Å². The third-order valence-electron chi connectivity index (χ3n) is 2.56. The molecule has 0 atom stereocenters. The highest BCUT2D eigenvalue weighted by Gasteiger charge is 2.09. The maximum absolute atomic E-state index is 11.8. The van der Waals surface area contributed by atoms with Gasteiger partial charge in [0.25, 0.3) is 0 Å². The summed E-state index contributed by atoms with van der Waals surface area (Å²) in [5.74, 6) is 0. The second kappa shape index (κ2) is 7.33. The summed E-state index contributed by atoms with van der Waals surface area (Å²) in [6.45, 7) is 2.89. The summed E-state index contributed by atoms with van der Waals surface area (Å²) in [6.07, 6.45) is 3.35. The zero-order valence-corrected chi connectivity index (χ0v) is 12.0. The molecule has 0 radical (unpaired) electrons. The molecule has 3 nitrogen and oxygen atoms in total. The lowest BCUT2D eigenvalue weighted by atomic mass is 10.2. The van der Waals surface area contributed by atoms with Crippen molar-refractivity contribution in [3.63, 3.8) is 0 Å². The van der Waals surface area contributed by atoms with Gasteiger partial charge in [0, 0.05) is 23.8 Å². The van der Waals surface area contributed by atoms with Crippen LogP contribution in [0.5, 0.6) is 0 Å². The molecular formula is C13H19BrN2O. The number of nitrogens with one attached hydrogen (secondary N) is 1. The molecule has 0 unspecified atom stereocenters. The summed E-state index contributed by atoms with van der Waals surface area (Å²) in [5.41, 5.74) is 0.882. The van der Waals surface area contributed by atoms with E-state index in [9.17, 15) is 4.79 Å². The van der Waals surface area contributed by atoms with Crippen molar-refractivity contribution >= 4 is 27.6 Å². The minimum Gasteiger partial charge on any atom is -0.338 e. The first-order valence-electron chi connectivity index (χ1n) is 5.92. The first-order valence-corrected chi connectivity index (χ1v) is 6.71. The fraction of sp³-hybridized carbons (Fsp3) is 0.462. The van der Waals surface area contributed by atoms with Crippen molar-refractivity contribution in [1.29, 1.82) is 0 Å². The van der Waals surface area contributed by atoms with Crippen LogP contribution in [0.25, 0.3) is 0 Å². The second-order valence-corrected chi connectivity index (χ2v) is 4.89. The lowest BCUT2D eigenvalue weighted by molar-refractivity contribution is 0.247. The summed E-state index contributed by atoms with van der Waals surface area (Å²) in [7, 11) is 1.77. The van der Waals surface area contributed by atoms with E-state index in [2.05, 4.69) is 28.2 Å². The van der Waals surface area contributed by atoms with Crippen LogP contribution in [0, 0.1) is 0 Å². The molecule has 4 heteroatoms. The SMILES string of the molecule is CCCCCNC(=O)N(C)c1cccc(Br)c1.